The molecule has 0 radical (unpaired) electrons. The summed E-state index contributed by atoms with van der Waals surface area (Å²) in [5, 5.41) is 3.04. The summed E-state index contributed by atoms with van der Waals surface area (Å²) in [4.78, 5) is 27.1. The molecule has 2 fully saturated rings. The third-order valence-corrected chi connectivity index (χ3v) is 9.43. The third-order valence-electron chi connectivity index (χ3n) is 9.43. The molecule has 45 heavy (non-hydrogen) atoms. The summed E-state index contributed by atoms with van der Waals surface area (Å²) in [7, 11) is 1.66. The molecule has 2 heterocycles. The van der Waals surface area contributed by atoms with Crippen molar-refractivity contribution in [2.75, 3.05) is 20.2 Å². The molecule has 0 aromatic heterocycles. The molecule has 2 aliphatic heterocycles. The molecule has 2 saturated heterocycles. The van der Waals surface area contributed by atoms with Crippen molar-refractivity contribution in [2.45, 2.75) is 82.8 Å². The molecule has 3 aromatic carbocycles. The minimum atomic E-state index is -0.155. The number of carbonyl (C=O) groups excluding carboxylic acids is 2. The maximum Gasteiger partial charge on any atom is 0.226 e. The van der Waals surface area contributed by atoms with E-state index in [2.05, 4.69) is 57.3 Å². The topological polar surface area (TPSA) is 111 Å². The molecule has 7 heteroatoms. The number of rotatable bonds is 11. The highest BCUT2D eigenvalue weighted by Crippen LogP contribution is 2.40. The lowest BCUT2D eigenvalue weighted by molar-refractivity contribution is -0.134. The Kier molecular flexibility index (Phi) is 11.5. The van der Waals surface area contributed by atoms with Crippen molar-refractivity contribution in [2.24, 2.45) is 23.3 Å². The van der Waals surface area contributed by atoms with E-state index in [0.29, 0.717) is 19.6 Å². The van der Waals surface area contributed by atoms with E-state index in [-0.39, 0.29) is 46.6 Å². The van der Waals surface area contributed by atoms with Gasteiger partial charge in [-0.3, -0.25) is 9.59 Å². The summed E-state index contributed by atoms with van der Waals surface area (Å²) in [6.07, 6.45) is 3.41. The molecular formula is C38H52N4O3. The number of nitrogens with zero attached hydrogens (tertiary/aromatic N) is 1. The van der Waals surface area contributed by atoms with E-state index in [0.717, 1.165) is 37.0 Å². The fourth-order valence-corrected chi connectivity index (χ4v) is 6.97. The fraction of sp³-hybridized carbons (Fsp3) is 0.474. The van der Waals surface area contributed by atoms with E-state index in [4.69, 9.17) is 16.2 Å². The van der Waals surface area contributed by atoms with E-state index in [1.165, 1.54) is 11.1 Å². The maximum absolute atomic E-state index is 13.2. The highest BCUT2D eigenvalue weighted by molar-refractivity contribution is 5.82. The summed E-state index contributed by atoms with van der Waals surface area (Å²) >= 11 is 0. The predicted octanol–water partition coefficient (Wildman–Crippen LogP) is 5.99. The lowest BCUT2D eigenvalue weighted by Crippen LogP contribution is -2.40. The number of amides is 2. The highest BCUT2D eigenvalue weighted by atomic mass is 16.5. The average Bonchev–Trinajstić information content (AvgIpc) is 3.43. The largest absolute Gasteiger partial charge is 0.497 e. The van der Waals surface area contributed by atoms with Crippen LogP contribution in [0.3, 0.4) is 0 Å². The smallest absolute Gasteiger partial charge is 0.226 e. The van der Waals surface area contributed by atoms with Gasteiger partial charge >= 0.3 is 0 Å². The zero-order valence-corrected chi connectivity index (χ0v) is 27.7. The minimum absolute atomic E-state index is 0.0204. The molecule has 0 aliphatic carbocycles. The number of nitrogens with two attached hydrogens (primary N) is 2. The number of hydrogen-bond acceptors (Lipinski definition) is 5. The zero-order chi connectivity index (χ0) is 32.6. The zero-order valence-electron chi connectivity index (χ0n) is 27.7. The Balaban J connectivity index is 0.000000222. The normalized spacial score (nSPS) is 21.4. The molecule has 4 unspecified atom stereocenters. The van der Waals surface area contributed by atoms with Crippen molar-refractivity contribution < 1.29 is 14.3 Å². The second-order valence-electron chi connectivity index (χ2n) is 13.9. The van der Waals surface area contributed by atoms with Crippen molar-refractivity contribution in [3.05, 3.63) is 102 Å². The average molecular weight is 613 g/mol. The molecule has 5 N–H and O–H groups in total. The van der Waals surface area contributed by atoms with Crippen LogP contribution in [0, 0.1) is 11.8 Å². The van der Waals surface area contributed by atoms with Crippen LogP contribution in [0.4, 0.5) is 0 Å². The van der Waals surface area contributed by atoms with Gasteiger partial charge in [0.2, 0.25) is 11.8 Å². The Labute approximate surface area is 269 Å². The Hall–Kier alpha value is -3.68. The van der Waals surface area contributed by atoms with Crippen molar-refractivity contribution >= 4 is 11.8 Å². The molecule has 2 aliphatic rings. The van der Waals surface area contributed by atoms with E-state index >= 15 is 0 Å². The lowest BCUT2D eigenvalue weighted by Gasteiger charge is -2.31. The van der Waals surface area contributed by atoms with Gasteiger partial charge < -0.3 is 26.4 Å². The molecular weight excluding hydrogens is 560 g/mol. The van der Waals surface area contributed by atoms with Crippen LogP contribution in [-0.2, 0) is 16.1 Å². The van der Waals surface area contributed by atoms with Gasteiger partial charge in [0.05, 0.1) is 7.11 Å². The van der Waals surface area contributed by atoms with Gasteiger partial charge in [-0.2, -0.15) is 0 Å². The van der Waals surface area contributed by atoms with Gasteiger partial charge in [0, 0.05) is 29.5 Å². The standard InChI is InChI=1S/C23H30N2O2.C15H22N2O/c1-23(2)14-19(13-20(15-24)18-7-5-4-6-8-18)22(26)25(23)16-17-9-11-21(27-3)12-10-17;1-15(2)9-12(14(18)17-15)8-13(10-16)11-6-4-3-5-7-11/h4-12,19-20H,13-16,24H2,1-3H3;3-7,12-13H,8-10,16H2,1-2H3,(H,17,18). The number of hydrogen-bond donors (Lipinski definition) is 3. The van der Waals surface area contributed by atoms with Crippen molar-refractivity contribution in [1.82, 2.24) is 10.2 Å². The number of ether oxygens (including phenoxy) is 1. The van der Waals surface area contributed by atoms with E-state index in [9.17, 15) is 9.59 Å². The second-order valence-corrected chi connectivity index (χ2v) is 13.9. The van der Waals surface area contributed by atoms with Gasteiger partial charge in [0.15, 0.2) is 0 Å². The Morgan fingerprint density at radius 3 is 1.73 bits per heavy atom. The van der Waals surface area contributed by atoms with Crippen LogP contribution in [0.2, 0.25) is 0 Å². The molecule has 7 nitrogen and oxygen atoms in total. The first-order valence-corrected chi connectivity index (χ1v) is 16.2. The van der Waals surface area contributed by atoms with Crippen LogP contribution in [0.15, 0.2) is 84.9 Å². The number of nitrogens with one attached hydrogen (secondary N) is 1. The quantitative estimate of drug-likeness (QED) is 0.246. The lowest BCUT2D eigenvalue weighted by atomic mass is 9.85. The van der Waals surface area contributed by atoms with Gasteiger partial charge in [-0.15, -0.1) is 0 Å². The fourth-order valence-electron chi connectivity index (χ4n) is 6.97. The van der Waals surface area contributed by atoms with Crippen LogP contribution in [-0.4, -0.2) is 48.0 Å². The van der Waals surface area contributed by atoms with Crippen LogP contribution in [0.1, 0.15) is 81.9 Å². The maximum atomic E-state index is 13.2. The number of likely N-dealkylation sites (tertiary alicyclic amines) is 1. The first-order valence-electron chi connectivity index (χ1n) is 16.2. The number of carbonyl (C=O) groups is 2. The molecule has 3 aromatic rings. The SMILES string of the molecule is CC1(C)CC(CC(CN)c2ccccc2)C(=O)N1.COc1ccc(CN2C(=O)C(CC(CN)c3ccccc3)CC2(C)C)cc1. The highest BCUT2D eigenvalue weighted by Gasteiger charge is 2.45. The summed E-state index contributed by atoms with van der Waals surface area (Å²) in [5.41, 5.74) is 15.3. The van der Waals surface area contributed by atoms with Gasteiger partial charge in [-0.25, -0.2) is 0 Å². The van der Waals surface area contributed by atoms with E-state index in [1.54, 1.807) is 7.11 Å². The molecule has 0 bridgehead atoms. The molecule has 4 atom stereocenters. The second kappa shape index (κ2) is 15.1. The third kappa shape index (κ3) is 8.95. The molecule has 0 spiro atoms. The Morgan fingerprint density at radius 2 is 1.29 bits per heavy atom. The van der Waals surface area contributed by atoms with Crippen LogP contribution < -0.4 is 21.5 Å². The number of methoxy groups -OCH3 is 1. The monoisotopic (exact) mass is 612 g/mol. The Bertz CT molecular complexity index is 1380. The summed E-state index contributed by atoms with van der Waals surface area (Å²) in [5.74, 6) is 1.85. The molecule has 0 saturated carbocycles. The van der Waals surface area contributed by atoms with Gasteiger partial charge in [0.25, 0.3) is 0 Å². The molecule has 242 valence electrons. The minimum Gasteiger partial charge on any atom is -0.497 e. The summed E-state index contributed by atoms with van der Waals surface area (Å²) in [6, 6.07) is 28.5. The Morgan fingerprint density at radius 1 is 0.778 bits per heavy atom. The van der Waals surface area contributed by atoms with E-state index < -0.39 is 0 Å². The molecule has 2 amide bonds. The van der Waals surface area contributed by atoms with Crippen LogP contribution in [0.5, 0.6) is 5.75 Å². The van der Waals surface area contributed by atoms with Gasteiger partial charge in [-0.1, -0.05) is 72.8 Å². The number of benzene rings is 3. The first kappa shape index (κ1) is 34.2. The van der Waals surface area contributed by atoms with Crippen LogP contribution in [0.25, 0.3) is 0 Å². The summed E-state index contributed by atoms with van der Waals surface area (Å²) < 4.78 is 5.22. The van der Waals surface area contributed by atoms with Crippen molar-refractivity contribution in [3.63, 3.8) is 0 Å². The van der Waals surface area contributed by atoms with Crippen LogP contribution >= 0.6 is 0 Å². The summed E-state index contributed by atoms with van der Waals surface area (Å²) in [6.45, 7) is 10.3. The van der Waals surface area contributed by atoms with Gasteiger partial charge in [0.1, 0.15) is 5.75 Å². The molecule has 5 rings (SSSR count). The van der Waals surface area contributed by atoms with Crippen molar-refractivity contribution in [1.29, 1.82) is 0 Å². The first-order chi connectivity index (χ1) is 21.5. The van der Waals surface area contributed by atoms with Crippen molar-refractivity contribution in [3.8, 4) is 5.75 Å². The predicted molar refractivity (Wildman–Crippen MR) is 182 cm³/mol. The van der Waals surface area contributed by atoms with E-state index in [1.807, 2.05) is 65.6 Å². The van der Waals surface area contributed by atoms with Gasteiger partial charge in [-0.05, 0) is 107 Å².